The largest absolute Gasteiger partial charge is 0.454 e. The smallest absolute Gasteiger partial charge is 0.251 e. The van der Waals surface area contributed by atoms with Crippen molar-refractivity contribution in [2.45, 2.75) is 31.6 Å². The highest BCUT2D eigenvalue weighted by molar-refractivity contribution is 5.95. The predicted octanol–water partition coefficient (Wildman–Crippen LogP) is 4.77. The molecule has 0 saturated heterocycles. The molecule has 1 fully saturated rings. The first-order valence-electron chi connectivity index (χ1n) is 12.4. The minimum absolute atomic E-state index is 0. The van der Waals surface area contributed by atoms with Crippen LogP contribution in [0.25, 0.3) is 11.1 Å². The molecule has 188 valence electrons. The molecule has 1 heterocycles. The topological polar surface area (TPSA) is 67.9 Å². The van der Waals surface area contributed by atoms with Gasteiger partial charge in [-0.15, -0.1) is 0 Å². The van der Waals surface area contributed by atoms with E-state index in [4.69, 9.17) is 9.47 Å². The lowest BCUT2D eigenvalue weighted by atomic mass is 9.87. The number of Topliss-reactive ketones (excluding diaryl/α,β-unsaturated/α-hetero) is 1. The summed E-state index contributed by atoms with van der Waals surface area (Å²) in [4.78, 5) is 27.9. The van der Waals surface area contributed by atoms with Gasteiger partial charge >= 0.3 is 0 Å². The fraction of sp³-hybridized carbons (Fsp3) is 0.333. The molecule has 6 nitrogen and oxygen atoms in total. The maximum absolute atomic E-state index is 13.5. The molecule has 0 aromatic heterocycles. The van der Waals surface area contributed by atoms with Crippen LogP contribution in [0.1, 0.15) is 41.3 Å². The van der Waals surface area contributed by atoms with Crippen LogP contribution in [-0.2, 0) is 16.6 Å². The lowest BCUT2D eigenvalue weighted by molar-refractivity contribution is -0.120. The number of ketones is 1. The van der Waals surface area contributed by atoms with Gasteiger partial charge in [-0.2, -0.15) is 0 Å². The quantitative estimate of drug-likeness (QED) is 0.472. The summed E-state index contributed by atoms with van der Waals surface area (Å²) in [6.45, 7) is 3.70. The molecule has 1 saturated carbocycles. The van der Waals surface area contributed by atoms with Gasteiger partial charge in [0.05, 0.1) is 5.41 Å². The summed E-state index contributed by atoms with van der Waals surface area (Å²) < 4.78 is 11.0. The van der Waals surface area contributed by atoms with E-state index in [0.29, 0.717) is 18.5 Å². The van der Waals surface area contributed by atoms with Crippen molar-refractivity contribution in [3.63, 3.8) is 0 Å². The molecule has 1 amide bonds. The van der Waals surface area contributed by atoms with E-state index in [-0.39, 0.29) is 19.9 Å². The fourth-order valence-corrected chi connectivity index (χ4v) is 4.79. The Kier molecular flexibility index (Phi) is 6.54. The number of carbonyl (C=O) groups excluding carboxylic acids is 2. The van der Waals surface area contributed by atoms with Gasteiger partial charge in [0.25, 0.3) is 5.91 Å². The molecular weight excluding hydrogens is 452 g/mol. The second-order valence-electron chi connectivity index (χ2n) is 10.0. The molecule has 0 bridgehead atoms. The van der Waals surface area contributed by atoms with Gasteiger partial charge in [0.1, 0.15) is 5.78 Å². The van der Waals surface area contributed by atoms with Crippen LogP contribution in [0.15, 0.2) is 60.7 Å². The van der Waals surface area contributed by atoms with Crippen LogP contribution in [0, 0.1) is 6.92 Å². The number of carbonyl (C=O) groups is 2. The standard InChI is InChI=1S/C30H32N2O4.H2/c1-20-4-5-21(16-25(20)22-6-8-23(9-7-22)29(34)31-14-15-32(2)3)17-28(33)30(12-13-30)24-10-11-26-27(18-24)36-19-35-26;/h4-11,16,18H,12-15,17,19H2,1-3H3,(H,31,34);1H. The van der Waals surface area contributed by atoms with Crippen molar-refractivity contribution in [2.24, 2.45) is 0 Å². The SMILES string of the molecule is Cc1ccc(CC(=O)C2(c3ccc4c(c3)OCO4)CC2)cc1-c1ccc(C(=O)NCCN(C)C)cc1.[HH]. The van der Waals surface area contributed by atoms with Gasteiger partial charge in [-0.25, -0.2) is 0 Å². The number of likely N-dealkylation sites (N-methyl/N-ethyl adjacent to an activating group) is 1. The van der Waals surface area contributed by atoms with Crippen molar-refractivity contribution >= 4 is 11.7 Å². The maximum Gasteiger partial charge on any atom is 0.251 e. The van der Waals surface area contributed by atoms with E-state index in [1.807, 2.05) is 67.5 Å². The van der Waals surface area contributed by atoms with Crippen LogP contribution in [-0.4, -0.2) is 50.6 Å². The normalized spacial score (nSPS) is 15.1. The zero-order valence-corrected chi connectivity index (χ0v) is 21.1. The predicted molar refractivity (Wildman–Crippen MR) is 142 cm³/mol. The van der Waals surface area contributed by atoms with Crippen LogP contribution in [0.5, 0.6) is 11.5 Å². The van der Waals surface area contributed by atoms with E-state index >= 15 is 0 Å². The Morgan fingerprint density at radius 2 is 1.72 bits per heavy atom. The number of ether oxygens (including phenoxy) is 2. The lowest BCUT2D eigenvalue weighted by Gasteiger charge is -2.16. The van der Waals surface area contributed by atoms with Crippen LogP contribution in [0.4, 0.5) is 0 Å². The lowest BCUT2D eigenvalue weighted by Crippen LogP contribution is -2.31. The molecule has 0 spiro atoms. The average Bonchev–Trinajstić information content (AvgIpc) is 3.56. The molecule has 2 aliphatic rings. The number of hydrogen-bond donors (Lipinski definition) is 1. The molecule has 0 radical (unpaired) electrons. The highest BCUT2D eigenvalue weighted by atomic mass is 16.7. The van der Waals surface area contributed by atoms with E-state index in [2.05, 4.69) is 24.4 Å². The maximum atomic E-state index is 13.5. The molecule has 5 rings (SSSR count). The Morgan fingerprint density at radius 3 is 2.44 bits per heavy atom. The fourth-order valence-electron chi connectivity index (χ4n) is 4.79. The summed E-state index contributed by atoms with van der Waals surface area (Å²) in [7, 11) is 3.96. The number of hydrogen-bond acceptors (Lipinski definition) is 5. The van der Waals surface area contributed by atoms with Crippen molar-refractivity contribution < 1.29 is 20.5 Å². The van der Waals surface area contributed by atoms with Gasteiger partial charge in [0.15, 0.2) is 11.5 Å². The molecule has 6 heteroatoms. The zero-order valence-electron chi connectivity index (χ0n) is 21.1. The van der Waals surface area contributed by atoms with Crippen molar-refractivity contribution in [3.05, 3.63) is 82.9 Å². The summed E-state index contributed by atoms with van der Waals surface area (Å²) in [5, 5.41) is 2.95. The number of rotatable bonds is 9. The third-order valence-electron chi connectivity index (χ3n) is 7.18. The van der Waals surface area contributed by atoms with Crippen molar-refractivity contribution in [1.82, 2.24) is 10.2 Å². The Morgan fingerprint density at radius 1 is 0.972 bits per heavy atom. The molecule has 36 heavy (non-hydrogen) atoms. The number of nitrogens with one attached hydrogen (secondary N) is 1. The Bertz CT molecular complexity index is 1300. The third kappa shape index (κ3) is 4.86. The Labute approximate surface area is 213 Å². The van der Waals surface area contributed by atoms with Crippen LogP contribution in [0.3, 0.4) is 0 Å². The van der Waals surface area contributed by atoms with Crippen molar-refractivity contribution in [3.8, 4) is 22.6 Å². The molecule has 1 aliphatic carbocycles. The van der Waals surface area contributed by atoms with E-state index in [0.717, 1.165) is 58.7 Å². The molecule has 1 N–H and O–H groups in total. The first-order chi connectivity index (χ1) is 17.4. The second kappa shape index (κ2) is 9.78. The summed E-state index contributed by atoms with van der Waals surface area (Å²) in [5.74, 6) is 1.62. The minimum atomic E-state index is -0.423. The van der Waals surface area contributed by atoms with Gasteiger partial charge in [0.2, 0.25) is 6.79 Å². The van der Waals surface area contributed by atoms with E-state index in [1.165, 1.54) is 0 Å². The molecule has 3 aromatic rings. The van der Waals surface area contributed by atoms with Crippen LogP contribution in [0.2, 0.25) is 0 Å². The summed E-state index contributed by atoms with van der Waals surface area (Å²) in [6, 6.07) is 19.7. The molecule has 3 aromatic carbocycles. The number of aryl methyl sites for hydroxylation is 1. The third-order valence-corrected chi connectivity index (χ3v) is 7.18. The summed E-state index contributed by atoms with van der Waals surface area (Å²) in [6.07, 6.45) is 2.11. The average molecular weight is 487 g/mol. The molecular formula is C30H34N2O4. The zero-order chi connectivity index (χ0) is 25.3. The summed E-state index contributed by atoms with van der Waals surface area (Å²) in [5.41, 5.74) is 5.47. The highest BCUT2D eigenvalue weighted by Gasteiger charge is 2.50. The van der Waals surface area contributed by atoms with Gasteiger partial charge in [-0.05, 0) is 85.9 Å². The summed E-state index contributed by atoms with van der Waals surface area (Å²) >= 11 is 0. The van der Waals surface area contributed by atoms with Gasteiger partial charge < -0.3 is 19.7 Å². The van der Waals surface area contributed by atoms with E-state index in [1.54, 1.807) is 0 Å². The van der Waals surface area contributed by atoms with Gasteiger partial charge in [-0.1, -0.05) is 36.4 Å². The van der Waals surface area contributed by atoms with Crippen LogP contribution >= 0.6 is 0 Å². The number of nitrogens with zero attached hydrogens (tertiary/aromatic N) is 1. The van der Waals surface area contributed by atoms with Gasteiger partial charge in [0, 0.05) is 26.5 Å². The number of amides is 1. The molecule has 0 atom stereocenters. The second-order valence-corrected chi connectivity index (χ2v) is 10.0. The minimum Gasteiger partial charge on any atom is -0.454 e. The Hall–Kier alpha value is -3.64. The molecule has 1 aliphatic heterocycles. The monoisotopic (exact) mass is 486 g/mol. The highest BCUT2D eigenvalue weighted by Crippen LogP contribution is 2.51. The first-order valence-corrected chi connectivity index (χ1v) is 12.4. The Balaban J connectivity index is 0.00000320. The number of fused-ring (bicyclic) bond motifs is 1. The van der Waals surface area contributed by atoms with E-state index in [9.17, 15) is 9.59 Å². The number of benzene rings is 3. The van der Waals surface area contributed by atoms with Crippen LogP contribution < -0.4 is 14.8 Å². The molecule has 0 unspecified atom stereocenters. The first kappa shape index (κ1) is 24.1. The van der Waals surface area contributed by atoms with Crippen molar-refractivity contribution in [1.29, 1.82) is 0 Å². The van der Waals surface area contributed by atoms with E-state index < -0.39 is 5.41 Å². The van der Waals surface area contributed by atoms with Gasteiger partial charge in [-0.3, -0.25) is 9.59 Å². The van der Waals surface area contributed by atoms with Crippen molar-refractivity contribution in [2.75, 3.05) is 34.0 Å².